The molecule has 0 bridgehead atoms. The number of aromatic nitrogens is 2. The third-order valence-electron chi connectivity index (χ3n) is 6.49. The molecule has 0 saturated carbocycles. The molecule has 0 unspecified atom stereocenters. The van der Waals surface area contributed by atoms with Crippen LogP contribution in [0, 0.1) is 6.92 Å². The molecule has 0 N–H and O–H groups in total. The lowest BCUT2D eigenvalue weighted by Gasteiger charge is -2.07. The Morgan fingerprint density at radius 1 is 0.800 bits per heavy atom. The van der Waals surface area contributed by atoms with Crippen LogP contribution in [0.3, 0.4) is 0 Å². The summed E-state index contributed by atoms with van der Waals surface area (Å²) in [4.78, 5) is 0. The molecule has 4 heterocycles. The highest BCUT2D eigenvalue weighted by Crippen LogP contribution is 2.47. The Hall–Kier alpha value is -3.85. The van der Waals surface area contributed by atoms with Gasteiger partial charge in [0.1, 0.15) is 18.1 Å². The van der Waals surface area contributed by atoms with Gasteiger partial charge in [-0.05, 0) is 42.8 Å². The smallest absolute Gasteiger partial charge is 0.213 e. The van der Waals surface area contributed by atoms with Crippen molar-refractivity contribution in [2.75, 3.05) is 0 Å². The van der Waals surface area contributed by atoms with Gasteiger partial charge in [-0.2, -0.15) is 0 Å². The molecule has 0 amide bonds. The summed E-state index contributed by atoms with van der Waals surface area (Å²) in [5.41, 5.74) is 9.25. The van der Waals surface area contributed by atoms with Gasteiger partial charge >= 0.3 is 0 Å². The molecule has 7 aromatic rings. The van der Waals surface area contributed by atoms with E-state index in [-0.39, 0.29) is 0 Å². The van der Waals surface area contributed by atoms with Crippen LogP contribution in [0.25, 0.3) is 60.5 Å². The van der Waals surface area contributed by atoms with Gasteiger partial charge in [0, 0.05) is 28.3 Å². The van der Waals surface area contributed by atoms with E-state index in [0.717, 1.165) is 22.1 Å². The normalized spacial score (nSPS) is 12.3. The van der Waals surface area contributed by atoms with Gasteiger partial charge in [-0.1, -0.05) is 30.3 Å². The van der Waals surface area contributed by atoms with E-state index in [1.54, 1.807) is 0 Å². The zero-order valence-corrected chi connectivity index (χ0v) is 16.8. The van der Waals surface area contributed by atoms with E-state index in [9.17, 15) is 0 Å². The van der Waals surface area contributed by atoms with Crippen molar-refractivity contribution in [3.8, 4) is 11.3 Å². The lowest BCUT2D eigenvalue weighted by Crippen LogP contribution is -2.30. The molecule has 0 aliphatic carbocycles. The molecule has 0 saturated heterocycles. The van der Waals surface area contributed by atoms with Gasteiger partial charge in [-0.15, -0.1) is 0 Å². The number of pyridine rings is 1. The van der Waals surface area contributed by atoms with Crippen molar-refractivity contribution < 1.29 is 8.98 Å². The predicted octanol–water partition coefficient (Wildman–Crippen LogP) is 6.38. The summed E-state index contributed by atoms with van der Waals surface area (Å²) in [7, 11) is 2.11. The maximum absolute atomic E-state index is 6.52. The van der Waals surface area contributed by atoms with E-state index in [4.69, 9.17) is 4.42 Å². The standard InChI is InChI=1S/C27H19N2O/c1-16-15-19-17-9-3-5-11-20(17)29-25(19)24(23(16)21-12-7-8-14-28(21)2)27-26(29)18-10-4-6-13-22(18)30-27/h3-15H,1-2H3/q+1. The molecule has 142 valence electrons. The number of hydrogen-bond donors (Lipinski definition) is 0. The van der Waals surface area contributed by atoms with Gasteiger partial charge in [0.05, 0.1) is 22.0 Å². The van der Waals surface area contributed by atoms with E-state index in [1.807, 2.05) is 6.07 Å². The number of rotatable bonds is 1. The first kappa shape index (κ1) is 16.0. The third kappa shape index (κ3) is 1.79. The highest BCUT2D eigenvalue weighted by Gasteiger charge is 2.28. The van der Waals surface area contributed by atoms with Gasteiger partial charge in [0.25, 0.3) is 0 Å². The molecule has 3 aromatic carbocycles. The van der Waals surface area contributed by atoms with Crippen molar-refractivity contribution in [1.82, 2.24) is 4.40 Å². The monoisotopic (exact) mass is 387 g/mol. The van der Waals surface area contributed by atoms with E-state index in [2.05, 4.69) is 95.9 Å². The van der Waals surface area contributed by atoms with Crippen molar-refractivity contribution in [2.24, 2.45) is 7.05 Å². The van der Waals surface area contributed by atoms with Crippen LogP contribution in [0.1, 0.15) is 5.56 Å². The van der Waals surface area contributed by atoms with Crippen LogP contribution in [0.4, 0.5) is 0 Å². The Morgan fingerprint density at radius 3 is 2.43 bits per heavy atom. The summed E-state index contributed by atoms with van der Waals surface area (Å²) in [6.07, 6.45) is 2.11. The van der Waals surface area contributed by atoms with Crippen LogP contribution in [-0.4, -0.2) is 4.40 Å². The highest BCUT2D eigenvalue weighted by molar-refractivity contribution is 6.29. The molecule has 0 radical (unpaired) electrons. The van der Waals surface area contributed by atoms with Crippen LogP contribution in [0.5, 0.6) is 0 Å². The van der Waals surface area contributed by atoms with Crippen molar-refractivity contribution in [3.05, 3.63) is 84.6 Å². The summed E-state index contributed by atoms with van der Waals surface area (Å²) in [5, 5.41) is 4.94. The fraction of sp³-hybridized carbons (Fsp3) is 0.0741. The predicted molar refractivity (Wildman–Crippen MR) is 122 cm³/mol. The minimum Gasteiger partial charge on any atom is -0.454 e. The number of nitrogens with zero attached hydrogens (tertiary/aromatic N) is 2. The molecule has 0 spiro atoms. The molecule has 3 nitrogen and oxygen atoms in total. The molecule has 0 atom stereocenters. The maximum Gasteiger partial charge on any atom is 0.213 e. The van der Waals surface area contributed by atoms with Gasteiger partial charge in [-0.25, -0.2) is 4.57 Å². The van der Waals surface area contributed by atoms with Gasteiger partial charge in [0.2, 0.25) is 5.69 Å². The Balaban J connectivity index is 1.87. The number of para-hydroxylation sites is 2. The van der Waals surface area contributed by atoms with Gasteiger partial charge in [-0.3, -0.25) is 0 Å². The quantitative estimate of drug-likeness (QED) is 0.299. The summed E-state index contributed by atoms with van der Waals surface area (Å²) < 4.78 is 11.1. The van der Waals surface area contributed by atoms with Crippen LogP contribution in [0.2, 0.25) is 0 Å². The molecular weight excluding hydrogens is 368 g/mol. The zero-order chi connectivity index (χ0) is 20.0. The van der Waals surface area contributed by atoms with Crippen LogP contribution >= 0.6 is 0 Å². The van der Waals surface area contributed by atoms with Crippen LogP contribution < -0.4 is 4.57 Å². The van der Waals surface area contributed by atoms with Crippen LogP contribution in [-0.2, 0) is 7.05 Å². The Labute approximate surface area is 172 Å². The average Bonchev–Trinajstić information content (AvgIpc) is 3.39. The molecule has 4 aromatic heterocycles. The molecule has 0 aliphatic heterocycles. The summed E-state index contributed by atoms with van der Waals surface area (Å²) in [5.74, 6) is 0. The minimum atomic E-state index is 0.934. The summed E-state index contributed by atoms with van der Waals surface area (Å²) in [6.45, 7) is 2.21. The largest absolute Gasteiger partial charge is 0.454 e. The lowest BCUT2D eigenvalue weighted by atomic mass is 9.97. The number of furan rings is 1. The first-order valence-electron chi connectivity index (χ1n) is 10.3. The molecule has 0 aliphatic rings. The SMILES string of the molecule is Cc1cc2c3ccccc3n3c4c5ccccc5oc4c(c1-c1cccc[n+]1C)c23. The van der Waals surface area contributed by atoms with E-state index >= 15 is 0 Å². The van der Waals surface area contributed by atoms with Gasteiger partial charge < -0.3 is 8.82 Å². The molecule has 30 heavy (non-hydrogen) atoms. The fourth-order valence-electron chi connectivity index (χ4n) is 5.25. The summed E-state index contributed by atoms with van der Waals surface area (Å²) in [6, 6.07) is 25.8. The molecule has 7 rings (SSSR count). The van der Waals surface area contributed by atoms with Gasteiger partial charge in [0.15, 0.2) is 11.8 Å². The van der Waals surface area contributed by atoms with Crippen LogP contribution in [0.15, 0.2) is 83.4 Å². The first-order valence-corrected chi connectivity index (χ1v) is 10.3. The number of aryl methyl sites for hydroxylation is 2. The third-order valence-corrected chi connectivity index (χ3v) is 6.49. The second kappa shape index (κ2) is 5.39. The molecule has 3 heteroatoms. The lowest BCUT2D eigenvalue weighted by molar-refractivity contribution is -0.660. The number of fused-ring (bicyclic) bond motifs is 8. The van der Waals surface area contributed by atoms with Crippen molar-refractivity contribution in [2.45, 2.75) is 6.92 Å². The van der Waals surface area contributed by atoms with E-state index in [1.165, 1.54) is 44.0 Å². The molecular formula is C27H19N2O+. The fourth-order valence-corrected chi connectivity index (χ4v) is 5.25. The first-order chi connectivity index (χ1) is 14.7. The highest BCUT2D eigenvalue weighted by atomic mass is 16.3. The zero-order valence-electron chi connectivity index (χ0n) is 16.8. The number of benzene rings is 3. The topological polar surface area (TPSA) is 21.4 Å². The van der Waals surface area contributed by atoms with Crippen molar-refractivity contribution in [1.29, 1.82) is 0 Å². The van der Waals surface area contributed by atoms with E-state index in [0.29, 0.717) is 0 Å². The average molecular weight is 387 g/mol. The second-order valence-electron chi connectivity index (χ2n) is 8.16. The van der Waals surface area contributed by atoms with E-state index < -0.39 is 0 Å². The van der Waals surface area contributed by atoms with Crippen molar-refractivity contribution >= 4 is 49.3 Å². The summed E-state index contributed by atoms with van der Waals surface area (Å²) >= 11 is 0. The Bertz CT molecular complexity index is 1770. The number of hydrogen-bond acceptors (Lipinski definition) is 1. The Morgan fingerprint density at radius 2 is 1.57 bits per heavy atom. The molecule has 0 fully saturated rings. The van der Waals surface area contributed by atoms with Crippen molar-refractivity contribution in [3.63, 3.8) is 0 Å². The Kier molecular flexibility index (Phi) is 2.88. The maximum atomic E-state index is 6.52. The minimum absolute atomic E-state index is 0.934. The second-order valence-corrected chi connectivity index (χ2v) is 8.16.